The molecular formula is C40H71NO6P+. The lowest BCUT2D eigenvalue weighted by atomic mass is 9.47. The fraction of sp³-hybridized carbons (Fsp3) is 0.875. The average Bonchev–Trinajstić information content (AvgIpc) is 3.35. The number of fused-ring (bicyclic) bond motifs is 5. The fourth-order valence-electron chi connectivity index (χ4n) is 10.4. The van der Waals surface area contributed by atoms with Crippen molar-refractivity contribution < 1.29 is 32.5 Å². The molecule has 0 saturated heterocycles. The van der Waals surface area contributed by atoms with Crippen molar-refractivity contribution in [3.8, 4) is 0 Å². The molecule has 7 nitrogen and oxygen atoms in total. The number of likely N-dealkylation sites (N-methyl/N-ethyl adjacent to an activating group) is 1. The van der Waals surface area contributed by atoms with Gasteiger partial charge < -0.3 is 14.1 Å². The number of carbonyl (C=O) groups excluding carboxylic acids is 1. The Morgan fingerprint density at radius 2 is 1.73 bits per heavy atom. The monoisotopic (exact) mass is 693 g/mol. The summed E-state index contributed by atoms with van der Waals surface area (Å²) < 4.78 is 28.9. The topological polar surface area (TPSA) is 82.1 Å². The lowest BCUT2D eigenvalue weighted by molar-refractivity contribution is -0.870. The van der Waals surface area contributed by atoms with Crippen LogP contribution in [0, 0.1) is 52.3 Å². The molecule has 3 fully saturated rings. The molecule has 0 aromatic rings. The van der Waals surface area contributed by atoms with Gasteiger partial charge in [-0.05, 0) is 116 Å². The van der Waals surface area contributed by atoms with E-state index in [0.29, 0.717) is 53.5 Å². The average molecular weight is 693 g/mol. The van der Waals surface area contributed by atoms with Gasteiger partial charge in [-0.2, -0.15) is 0 Å². The van der Waals surface area contributed by atoms with Gasteiger partial charge in [0.2, 0.25) is 0 Å². The van der Waals surface area contributed by atoms with Crippen LogP contribution in [0.15, 0.2) is 23.8 Å². The van der Waals surface area contributed by atoms with Crippen molar-refractivity contribution in [2.45, 2.75) is 131 Å². The Morgan fingerprint density at radius 3 is 2.42 bits per heavy atom. The first-order valence-electron chi connectivity index (χ1n) is 19.5. The van der Waals surface area contributed by atoms with Gasteiger partial charge in [0.05, 0.1) is 27.7 Å². The first-order valence-corrected chi connectivity index (χ1v) is 21.0. The molecule has 10 atom stereocenters. The number of hydrogen-bond donors (Lipinski definition) is 1. The molecule has 4 aliphatic rings. The zero-order valence-electron chi connectivity index (χ0n) is 32.0. The van der Waals surface area contributed by atoms with E-state index in [0.717, 1.165) is 49.4 Å². The van der Waals surface area contributed by atoms with Crippen molar-refractivity contribution in [1.29, 1.82) is 0 Å². The third kappa shape index (κ3) is 9.87. The second kappa shape index (κ2) is 16.6. The third-order valence-electron chi connectivity index (χ3n) is 13.4. The summed E-state index contributed by atoms with van der Waals surface area (Å²) in [5, 5.41) is 0. The lowest BCUT2D eigenvalue weighted by Crippen LogP contribution is -2.51. The first-order chi connectivity index (χ1) is 22.5. The maximum absolute atomic E-state index is 12.8. The van der Waals surface area contributed by atoms with Crippen molar-refractivity contribution in [2.75, 3.05) is 40.9 Å². The molecule has 1 N–H and O–H groups in total. The molecule has 0 bridgehead atoms. The van der Waals surface area contributed by atoms with Crippen LogP contribution in [-0.2, 0) is 23.1 Å². The molecule has 0 aliphatic heterocycles. The van der Waals surface area contributed by atoms with E-state index in [2.05, 4.69) is 59.8 Å². The molecule has 8 heteroatoms. The number of esters is 1. The molecule has 0 radical (unpaired) electrons. The van der Waals surface area contributed by atoms with E-state index >= 15 is 0 Å². The quantitative estimate of drug-likeness (QED) is 0.0538. The maximum Gasteiger partial charge on any atom is 0.472 e. The molecule has 0 amide bonds. The van der Waals surface area contributed by atoms with Gasteiger partial charge in [-0.1, -0.05) is 71.8 Å². The Bertz CT molecular complexity index is 1180. The zero-order chi connectivity index (χ0) is 35.3. The van der Waals surface area contributed by atoms with Gasteiger partial charge in [0, 0.05) is 12.8 Å². The summed E-state index contributed by atoms with van der Waals surface area (Å²) in [7, 11) is 1.95. The number of ether oxygens (including phenoxy) is 1. The Hall–Kier alpha value is -0.980. The van der Waals surface area contributed by atoms with Crippen molar-refractivity contribution in [1.82, 2.24) is 0 Å². The number of phosphoric acid groups is 1. The summed E-state index contributed by atoms with van der Waals surface area (Å²) in [4.78, 5) is 22.6. The molecule has 276 valence electrons. The molecule has 0 heterocycles. The Kier molecular flexibility index (Phi) is 13.7. The molecule has 0 aromatic carbocycles. The van der Waals surface area contributed by atoms with Crippen LogP contribution in [0.2, 0.25) is 0 Å². The van der Waals surface area contributed by atoms with Crippen LogP contribution in [0.3, 0.4) is 0 Å². The second-order valence-electron chi connectivity index (χ2n) is 17.9. The van der Waals surface area contributed by atoms with Gasteiger partial charge >= 0.3 is 13.8 Å². The predicted octanol–water partition coefficient (Wildman–Crippen LogP) is 9.75. The minimum absolute atomic E-state index is 0.0176. The van der Waals surface area contributed by atoms with Crippen LogP contribution in [0.25, 0.3) is 0 Å². The number of hydrogen-bond acceptors (Lipinski definition) is 5. The van der Waals surface area contributed by atoms with E-state index in [1.807, 2.05) is 21.1 Å². The van der Waals surface area contributed by atoms with Crippen molar-refractivity contribution >= 4 is 13.8 Å². The summed E-state index contributed by atoms with van der Waals surface area (Å²) in [5.41, 5.74) is 2.24. The van der Waals surface area contributed by atoms with E-state index in [4.69, 9.17) is 13.8 Å². The van der Waals surface area contributed by atoms with Crippen molar-refractivity contribution in [2.24, 2.45) is 52.3 Å². The first kappa shape index (κ1) is 39.8. The molecule has 3 saturated carbocycles. The smallest absolute Gasteiger partial charge is 0.462 e. The fourth-order valence-corrected chi connectivity index (χ4v) is 11.1. The molecular weight excluding hydrogens is 621 g/mol. The lowest BCUT2D eigenvalue weighted by Gasteiger charge is -2.58. The van der Waals surface area contributed by atoms with Crippen LogP contribution in [-0.4, -0.2) is 62.4 Å². The number of allylic oxidation sites excluding steroid dienone is 3. The van der Waals surface area contributed by atoms with Gasteiger partial charge in [0.25, 0.3) is 0 Å². The number of quaternary nitrogens is 1. The Labute approximate surface area is 293 Å². The Morgan fingerprint density at radius 1 is 1.00 bits per heavy atom. The van der Waals surface area contributed by atoms with Gasteiger partial charge in [-0.3, -0.25) is 13.8 Å². The van der Waals surface area contributed by atoms with Crippen molar-refractivity contribution in [3.63, 3.8) is 0 Å². The number of carbonyl (C=O) groups is 1. The highest BCUT2D eigenvalue weighted by Gasteiger charge is 2.59. The highest BCUT2D eigenvalue weighted by atomic mass is 31.2. The van der Waals surface area contributed by atoms with Crippen molar-refractivity contribution in [3.05, 3.63) is 23.8 Å². The number of unbranched alkanes of at least 4 members (excludes halogenated alkanes) is 2. The van der Waals surface area contributed by atoms with Crippen LogP contribution >= 0.6 is 7.82 Å². The standard InChI is InChI=1S/C40H70NO6P/c1-10-31(29(2)3)16-15-30(4)35-19-20-36-34-18-17-32-28-33(21-23-39(32,5)37(34)22-24-40(35,36)6)47-38(42)14-12-11-13-26-45-48(43,44)46-27-25-41(7,8)9/h15-17,29-31,33-37H,10-14,18-28H2,1-9H3/p+1/b16-15+/t30-,31-,33+,34+,35-,36+,37+,39+,40-/m1/s1. The molecule has 4 rings (SSSR count). The SMILES string of the molecule is CC[C@H](/C=C/[C@@H](C)[C@H]1CC[C@H]2[C@@H]3CC=C4C[C@@H](OC(=O)CCCCCOP(=O)(O)OCC[N+](C)(C)C)CC[C@]4(C)[C@H]3CC[C@]12C)C(C)C. The van der Waals surface area contributed by atoms with E-state index in [-0.39, 0.29) is 30.7 Å². The number of phosphoric ester groups is 1. The van der Waals surface area contributed by atoms with Crippen LogP contribution in [0.5, 0.6) is 0 Å². The predicted molar refractivity (Wildman–Crippen MR) is 195 cm³/mol. The molecule has 4 aliphatic carbocycles. The molecule has 0 aromatic heterocycles. The summed E-state index contributed by atoms with van der Waals surface area (Å²) in [6.07, 6.45) is 20.9. The van der Waals surface area contributed by atoms with E-state index in [9.17, 15) is 14.3 Å². The van der Waals surface area contributed by atoms with E-state index in [1.54, 1.807) is 5.57 Å². The molecule has 48 heavy (non-hydrogen) atoms. The van der Waals surface area contributed by atoms with Gasteiger partial charge in [-0.25, -0.2) is 4.57 Å². The maximum atomic E-state index is 12.8. The highest BCUT2D eigenvalue weighted by Crippen LogP contribution is 2.67. The van der Waals surface area contributed by atoms with Gasteiger partial charge in [-0.15, -0.1) is 0 Å². The third-order valence-corrected chi connectivity index (χ3v) is 14.4. The minimum Gasteiger partial charge on any atom is -0.462 e. The molecule has 0 spiro atoms. The van der Waals surface area contributed by atoms with Crippen LogP contribution in [0.1, 0.15) is 125 Å². The van der Waals surface area contributed by atoms with Gasteiger partial charge in [0.1, 0.15) is 19.3 Å². The van der Waals surface area contributed by atoms with Gasteiger partial charge in [0.15, 0.2) is 0 Å². The van der Waals surface area contributed by atoms with E-state index < -0.39 is 7.82 Å². The Balaban J connectivity index is 1.22. The van der Waals surface area contributed by atoms with E-state index in [1.165, 1.54) is 38.5 Å². The highest BCUT2D eigenvalue weighted by molar-refractivity contribution is 7.47. The number of nitrogens with zero attached hydrogens (tertiary/aromatic N) is 1. The molecule has 1 unspecified atom stereocenters. The number of rotatable bonds is 17. The summed E-state index contributed by atoms with van der Waals surface area (Å²) in [6.45, 7) is 15.6. The zero-order valence-corrected chi connectivity index (χ0v) is 32.9. The summed E-state index contributed by atoms with van der Waals surface area (Å²) in [6, 6.07) is 0. The second-order valence-corrected chi connectivity index (χ2v) is 19.3. The minimum atomic E-state index is -4.03. The summed E-state index contributed by atoms with van der Waals surface area (Å²) >= 11 is 0. The van der Waals surface area contributed by atoms with Crippen LogP contribution in [0.4, 0.5) is 0 Å². The summed E-state index contributed by atoms with van der Waals surface area (Å²) in [5.74, 6) is 5.07. The largest absolute Gasteiger partial charge is 0.472 e. The normalized spacial score (nSPS) is 34.6. The van der Waals surface area contributed by atoms with Crippen LogP contribution < -0.4 is 0 Å².